The van der Waals surface area contributed by atoms with Crippen molar-refractivity contribution < 1.29 is 22.7 Å². The lowest BCUT2D eigenvalue weighted by Gasteiger charge is -2.38. The average Bonchev–Trinajstić information content (AvgIpc) is 2.59. The third kappa shape index (κ3) is 4.57. The van der Waals surface area contributed by atoms with Crippen LogP contribution in [0.25, 0.3) is 0 Å². The number of hydrogen-bond acceptors (Lipinski definition) is 4. The summed E-state index contributed by atoms with van der Waals surface area (Å²) < 4.78 is 50.2. The van der Waals surface area contributed by atoms with Crippen LogP contribution in [-0.2, 0) is 20.4 Å². The van der Waals surface area contributed by atoms with Crippen molar-refractivity contribution >= 4 is 15.9 Å². The van der Waals surface area contributed by atoms with E-state index in [0.29, 0.717) is 16.7 Å². The van der Waals surface area contributed by atoms with Crippen LogP contribution in [0.5, 0.6) is 0 Å². The predicted octanol–water partition coefficient (Wildman–Crippen LogP) is 4.83. The van der Waals surface area contributed by atoms with Crippen LogP contribution in [0.3, 0.4) is 0 Å². The van der Waals surface area contributed by atoms with Crippen molar-refractivity contribution in [2.75, 3.05) is 0 Å². The monoisotopic (exact) mass is 433 g/mol. The van der Waals surface area contributed by atoms with E-state index < -0.39 is 26.5 Å². The van der Waals surface area contributed by atoms with Crippen molar-refractivity contribution in [1.29, 1.82) is 0 Å². The fraction of sp³-hybridized carbons (Fsp3) is 0.435. The smallest absolute Gasteiger partial charge is 0.267 e. The third-order valence-corrected chi connectivity index (χ3v) is 7.27. The van der Waals surface area contributed by atoms with E-state index in [-0.39, 0.29) is 24.1 Å². The molecule has 0 aromatic heterocycles. The second-order valence-corrected chi connectivity index (χ2v) is 10.6. The topological polar surface area (TPSA) is 76.0 Å². The number of sulfonamides is 1. The van der Waals surface area contributed by atoms with Crippen molar-refractivity contribution in [3.05, 3.63) is 71.0 Å². The summed E-state index contributed by atoms with van der Waals surface area (Å²) in [5.41, 5.74) is -0.381. The minimum atomic E-state index is -3.91. The number of halogens is 1. The fourth-order valence-corrected chi connectivity index (χ4v) is 5.66. The minimum absolute atomic E-state index is 0.0834. The molecule has 162 valence electrons. The molecule has 2 aromatic carbocycles. The lowest BCUT2D eigenvalue weighted by atomic mass is 9.92. The van der Waals surface area contributed by atoms with Crippen LogP contribution in [0.15, 0.2) is 52.9 Å². The lowest BCUT2D eigenvalue weighted by molar-refractivity contribution is 0.0780. The zero-order valence-electron chi connectivity index (χ0n) is 17.9. The van der Waals surface area contributed by atoms with Gasteiger partial charge in [-0.05, 0) is 56.4 Å². The molecule has 1 aliphatic heterocycles. The highest BCUT2D eigenvalue weighted by atomic mass is 32.2. The standard InChI is InChI=1S/C23H28FNO4S/c1-15(18-8-6-7-9-19(18)24)14-20-25-30(27,28)21(23(4,5)29-20)16-10-12-17(13-11-16)22(2,3)26/h6-13,15,21,26H,14H2,1-5H3/t15-,21?/m1/s1. The SMILES string of the molecule is C[C@H](CC1=NS(=O)(=O)C(c2ccc(C(C)(C)O)cc2)C(C)(C)O1)c1ccccc1F. The van der Waals surface area contributed by atoms with Crippen LogP contribution >= 0.6 is 0 Å². The summed E-state index contributed by atoms with van der Waals surface area (Å²) in [5, 5.41) is 9.14. The molecule has 3 rings (SSSR count). The third-order valence-electron chi connectivity index (χ3n) is 5.38. The van der Waals surface area contributed by atoms with Gasteiger partial charge in [-0.2, -0.15) is 0 Å². The van der Waals surface area contributed by atoms with Gasteiger partial charge in [-0.3, -0.25) is 0 Å². The molecule has 1 heterocycles. The number of hydrogen-bond donors (Lipinski definition) is 1. The number of aliphatic hydroxyl groups is 1. The summed E-state index contributed by atoms with van der Waals surface area (Å²) in [5.74, 6) is -0.549. The van der Waals surface area contributed by atoms with Gasteiger partial charge in [0.2, 0.25) is 5.90 Å². The van der Waals surface area contributed by atoms with E-state index >= 15 is 0 Å². The number of benzene rings is 2. The Hall–Kier alpha value is -2.25. The molecular formula is C23H28FNO4S. The molecule has 5 nitrogen and oxygen atoms in total. The molecule has 1 unspecified atom stereocenters. The summed E-state index contributed by atoms with van der Waals surface area (Å²) in [6.07, 6.45) is 0.175. The number of rotatable bonds is 5. The Bertz CT molecular complexity index is 1050. The Morgan fingerprint density at radius 1 is 1.17 bits per heavy atom. The second-order valence-electron chi connectivity index (χ2n) is 8.89. The van der Waals surface area contributed by atoms with Crippen LogP contribution < -0.4 is 0 Å². The fourth-order valence-electron chi connectivity index (χ4n) is 3.89. The molecular weight excluding hydrogens is 405 g/mol. The molecule has 2 atom stereocenters. The van der Waals surface area contributed by atoms with Crippen molar-refractivity contribution in [3.8, 4) is 0 Å². The molecule has 7 heteroatoms. The van der Waals surface area contributed by atoms with E-state index in [1.54, 1.807) is 70.2 Å². The van der Waals surface area contributed by atoms with Crippen LogP contribution in [0, 0.1) is 5.82 Å². The Kier molecular flexibility index (Phi) is 5.82. The van der Waals surface area contributed by atoms with Crippen molar-refractivity contribution in [3.63, 3.8) is 0 Å². The highest BCUT2D eigenvalue weighted by Gasteiger charge is 2.47. The van der Waals surface area contributed by atoms with Gasteiger partial charge in [0, 0.05) is 6.42 Å². The molecule has 1 aliphatic rings. The van der Waals surface area contributed by atoms with Crippen molar-refractivity contribution in [2.45, 2.75) is 63.4 Å². The first-order valence-corrected chi connectivity index (χ1v) is 11.4. The summed E-state index contributed by atoms with van der Waals surface area (Å²) in [4.78, 5) is 0. The van der Waals surface area contributed by atoms with Gasteiger partial charge in [0.1, 0.15) is 16.7 Å². The molecule has 0 saturated carbocycles. The maximum absolute atomic E-state index is 14.1. The first kappa shape index (κ1) is 22.4. The van der Waals surface area contributed by atoms with Gasteiger partial charge in [0.15, 0.2) is 0 Å². The zero-order chi connectivity index (χ0) is 22.3. The van der Waals surface area contributed by atoms with Gasteiger partial charge in [0.25, 0.3) is 10.0 Å². The van der Waals surface area contributed by atoms with Crippen LogP contribution in [0.4, 0.5) is 4.39 Å². The van der Waals surface area contributed by atoms with E-state index in [1.165, 1.54) is 6.07 Å². The van der Waals surface area contributed by atoms with E-state index in [0.717, 1.165) is 0 Å². The molecule has 2 aromatic rings. The van der Waals surface area contributed by atoms with Gasteiger partial charge in [-0.1, -0.05) is 49.4 Å². The highest BCUT2D eigenvalue weighted by molar-refractivity contribution is 7.90. The maximum atomic E-state index is 14.1. The quantitative estimate of drug-likeness (QED) is 0.733. The minimum Gasteiger partial charge on any atom is -0.472 e. The van der Waals surface area contributed by atoms with E-state index in [4.69, 9.17) is 4.74 Å². The first-order valence-electron chi connectivity index (χ1n) is 9.90. The molecule has 0 saturated heterocycles. The largest absolute Gasteiger partial charge is 0.472 e. The highest BCUT2D eigenvalue weighted by Crippen LogP contribution is 2.42. The van der Waals surface area contributed by atoms with Crippen LogP contribution in [0.2, 0.25) is 0 Å². The van der Waals surface area contributed by atoms with Gasteiger partial charge in [0.05, 0.1) is 5.60 Å². The summed E-state index contributed by atoms with van der Waals surface area (Å²) in [6.45, 7) is 8.56. The molecule has 1 N–H and O–H groups in total. The summed E-state index contributed by atoms with van der Waals surface area (Å²) in [7, 11) is -3.91. The Morgan fingerprint density at radius 2 is 1.77 bits per heavy atom. The molecule has 0 bridgehead atoms. The first-order chi connectivity index (χ1) is 13.8. The number of nitrogens with zero attached hydrogens (tertiary/aromatic N) is 1. The molecule has 0 spiro atoms. The molecule has 30 heavy (non-hydrogen) atoms. The summed E-state index contributed by atoms with van der Waals surface area (Å²) >= 11 is 0. The van der Waals surface area contributed by atoms with Gasteiger partial charge < -0.3 is 9.84 Å². The average molecular weight is 434 g/mol. The zero-order valence-corrected chi connectivity index (χ0v) is 18.7. The predicted molar refractivity (Wildman–Crippen MR) is 115 cm³/mol. The van der Waals surface area contributed by atoms with Crippen LogP contribution in [-0.4, -0.2) is 25.0 Å². The Labute approximate surface area is 177 Å². The van der Waals surface area contributed by atoms with Crippen molar-refractivity contribution in [2.24, 2.45) is 4.40 Å². The molecule has 0 amide bonds. The Balaban J connectivity index is 1.91. The maximum Gasteiger partial charge on any atom is 0.267 e. The van der Waals surface area contributed by atoms with Gasteiger partial charge in [-0.15, -0.1) is 4.40 Å². The van der Waals surface area contributed by atoms with Crippen LogP contribution in [0.1, 0.15) is 68.9 Å². The van der Waals surface area contributed by atoms with Gasteiger partial charge >= 0.3 is 0 Å². The van der Waals surface area contributed by atoms with Crippen molar-refractivity contribution in [1.82, 2.24) is 0 Å². The lowest BCUT2D eigenvalue weighted by Crippen LogP contribution is -2.43. The van der Waals surface area contributed by atoms with E-state index in [9.17, 15) is 17.9 Å². The molecule has 0 aliphatic carbocycles. The van der Waals surface area contributed by atoms with E-state index in [2.05, 4.69) is 4.40 Å². The summed E-state index contributed by atoms with van der Waals surface area (Å²) in [6, 6.07) is 13.2. The van der Waals surface area contributed by atoms with Gasteiger partial charge in [-0.25, -0.2) is 12.8 Å². The normalized spacial score (nSPS) is 21.4. The molecule has 0 fully saturated rings. The number of ether oxygens (including phenoxy) is 1. The molecule has 0 radical (unpaired) electrons. The Morgan fingerprint density at radius 3 is 2.30 bits per heavy atom. The second kappa shape index (κ2) is 7.78. The van der Waals surface area contributed by atoms with E-state index in [1.807, 2.05) is 6.92 Å².